The van der Waals surface area contributed by atoms with Crippen molar-refractivity contribution in [2.24, 2.45) is 0 Å². The van der Waals surface area contributed by atoms with Gasteiger partial charge in [-0.2, -0.15) is 0 Å². The van der Waals surface area contributed by atoms with E-state index in [-0.39, 0.29) is 18.1 Å². The van der Waals surface area contributed by atoms with Gasteiger partial charge in [0.25, 0.3) is 0 Å². The molecule has 1 N–H and O–H groups in total. The number of aromatic nitrogens is 2. The summed E-state index contributed by atoms with van der Waals surface area (Å²) in [5, 5.41) is 5.79. The predicted molar refractivity (Wildman–Crippen MR) is 95.7 cm³/mol. The van der Waals surface area contributed by atoms with Gasteiger partial charge in [0.2, 0.25) is 5.91 Å². The highest BCUT2D eigenvalue weighted by Gasteiger charge is 2.08. The van der Waals surface area contributed by atoms with E-state index in [1.807, 2.05) is 17.5 Å². The third-order valence-electron chi connectivity index (χ3n) is 3.72. The van der Waals surface area contributed by atoms with Gasteiger partial charge in [-0.25, -0.2) is 9.37 Å². The van der Waals surface area contributed by atoms with Gasteiger partial charge < -0.3 is 5.32 Å². The first-order valence-electron chi connectivity index (χ1n) is 8.02. The fourth-order valence-electron chi connectivity index (χ4n) is 2.38. The Hall–Kier alpha value is -2.60. The molecule has 25 heavy (non-hydrogen) atoms. The standard InChI is InChI=1S/C19H18FN3OS/c20-16-4-1-15(2-5-16)12-22-18(24)11-17-13-25-19(23-17)6-3-14-7-9-21-10-8-14/h1-2,4-5,7-10,13H,3,6,11-12H2,(H,22,24). The molecule has 6 heteroatoms. The number of pyridine rings is 1. The minimum Gasteiger partial charge on any atom is -0.352 e. The van der Waals surface area contributed by atoms with E-state index in [4.69, 9.17) is 0 Å². The summed E-state index contributed by atoms with van der Waals surface area (Å²) in [7, 11) is 0. The second-order valence-electron chi connectivity index (χ2n) is 5.67. The topological polar surface area (TPSA) is 54.9 Å². The van der Waals surface area contributed by atoms with Gasteiger partial charge in [-0.15, -0.1) is 11.3 Å². The molecule has 3 aromatic rings. The monoisotopic (exact) mass is 355 g/mol. The first-order valence-corrected chi connectivity index (χ1v) is 8.90. The van der Waals surface area contributed by atoms with Crippen LogP contribution in [0.5, 0.6) is 0 Å². The van der Waals surface area contributed by atoms with Gasteiger partial charge in [0, 0.05) is 30.7 Å². The Labute approximate surface area is 149 Å². The Morgan fingerprint density at radius 1 is 1.04 bits per heavy atom. The Bertz CT molecular complexity index is 818. The second kappa shape index (κ2) is 8.48. The second-order valence-corrected chi connectivity index (χ2v) is 6.61. The first kappa shape index (κ1) is 17.2. The van der Waals surface area contributed by atoms with Crippen LogP contribution in [0.2, 0.25) is 0 Å². The number of amides is 1. The number of rotatable bonds is 7. The van der Waals surface area contributed by atoms with Crippen molar-refractivity contribution < 1.29 is 9.18 Å². The van der Waals surface area contributed by atoms with Crippen molar-refractivity contribution in [2.75, 3.05) is 0 Å². The van der Waals surface area contributed by atoms with Gasteiger partial charge in [-0.3, -0.25) is 9.78 Å². The zero-order valence-corrected chi connectivity index (χ0v) is 14.4. The van der Waals surface area contributed by atoms with E-state index >= 15 is 0 Å². The summed E-state index contributed by atoms with van der Waals surface area (Å²) in [5.41, 5.74) is 2.88. The summed E-state index contributed by atoms with van der Waals surface area (Å²) < 4.78 is 12.8. The van der Waals surface area contributed by atoms with E-state index in [2.05, 4.69) is 15.3 Å². The lowest BCUT2D eigenvalue weighted by Gasteiger charge is -2.04. The van der Waals surface area contributed by atoms with E-state index in [1.54, 1.807) is 35.9 Å². The third-order valence-corrected chi connectivity index (χ3v) is 4.68. The number of hydrogen-bond donors (Lipinski definition) is 1. The number of hydrogen-bond acceptors (Lipinski definition) is 4. The summed E-state index contributed by atoms with van der Waals surface area (Å²) in [5.74, 6) is -0.368. The minimum atomic E-state index is -0.281. The van der Waals surface area contributed by atoms with Gasteiger partial charge in [-0.05, 0) is 41.8 Å². The molecule has 0 aliphatic carbocycles. The van der Waals surface area contributed by atoms with E-state index < -0.39 is 0 Å². The molecule has 0 atom stereocenters. The number of nitrogens with one attached hydrogen (secondary N) is 1. The Balaban J connectivity index is 1.45. The normalized spacial score (nSPS) is 10.6. The molecule has 2 aromatic heterocycles. The molecular weight excluding hydrogens is 337 g/mol. The maximum Gasteiger partial charge on any atom is 0.226 e. The van der Waals surface area contributed by atoms with E-state index in [9.17, 15) is 9.18 Å². The number of aryl methyl sites for hydroxylation is 2. The van der Waals surface area contributed by atoms with Gasteiger partial charge >= 0.3 is 0 Å². The molecule has 4 nitrogen and oxygen atoms in total. The van der Waals surface area contributed by atoms with Crippen molar-refractivity contribution in [1.29, 1.82) is 0 Å². The van der Waals surface area contributed by atoms with E-state index in [0.29, 0.717) is 6.54 Å². The number of carbonyl (C=O) groups excluding carboxylic acids is 1. The van der Waals surface area contributed by atoms with Crippen LogP contribution in [0.1, 0.15) is 21.8 Å². The van der Waals surface area contributed by atoms with Crippen molar-refractivity contribution in [3.05, 3.63) is 81.8 Å². The van der Waals surface area contributed by atoms with Crippen LogP contribution in [-0.2, 0) is 30.6 Å². The smallest absolute Gasteiger partial charge is 0.226 e. The highest BCUT2D eigenvalue weighted by atomic mass is 32.1. The van der Waals surface area contributed by atoms with Crippen LogP contribution in [-0.4, -0.2) is 15.9 Å². The zero-order chi connectivity index (χ0) is 17.5. The van der Waals surface area contributed by atoms with E-state index in [0.717, 1.165) is 29.1 Å². The largest absolute Gasteiger partial charge is 0.352 e. The number of thiazole rings is 1. The molecule has 1 amide bonds. The van der Waals surface area contributed by atoms with Gasteiger partial charge in [-0.1, -0.05) is 12.1 Å². The average Bonchev–Trinajstić information content (AvgIpc) is 3.08. The number of nitrogens with zero attached hydrogens (tertiary/aromatic N) is 2. The third kappa shape index (κ3) is 5.46. The maximum atomic E-state index is 12.8. The summed E-state index contributed by atoms with van der Waals surface area (Å²) >= 11 is 1.58. The molecule has 1 aromatic carbocycles. The first-order chi connectivity index (χ1) is 12.2. The molecule has 2 heterocycles. The number of carbonyl (C=O) groups is 1. The van der Waals surface area contributed by atoms with Crippen LogP contribution in [0, 0.1) is 5.82 Å². The molecule has 0 bridgehead atoms. The number of halogens is 1. The molecule has 3 rings (SSSR count). The molecular formula is C19H18FN3OS. The van der Waals surface area contributed by atoms with Crippen LogP contribution < -0.4 is 5.32 Å². The van der Waals surface area contributed by atoms with Crippen molar-refractivity contribution in [3.8, 4) is 0 Å². The summed E-state index contributed by atoms with van der Waals surface area (Å²) in [4.78, 5) is 20.5. The molecule has 0 radical (unpaired) electrons. The highest BCUT2D eigenvalue weighted by molar-refractivity contribution is 7.09. The molecule has 128 valence electrons. The van der Waals surface area contributed by atoms with Crippen LogP contribution in [0.3, 0.4) is 0 Å². The van der Waals surface area contributed by atoms with Crippen molar-refractivity contribution in [3.63, 3.8) is 0 Å². The molecule has 0 saturated heterocycles. The predicted octanol–water partition coefficient (Wildman–Crippen LogP) is 3.32. The number of benzene rings is 1. The molecule has 0 spiro atoms. The molecule has 0 saturated carbocycles. The van der Waals surface area contributed by atoms with Crippen LogP contribution >= 0.6 is 11.3 Å². The fourth-order valence-corrected chi connectivity index (χ4v) is 3.17. The quantitative estimate of drug-likeness (QED) is 0.707. The SMILES string of the molecule is O=C(Cc1csc(CCc2ccncc2)n1)NCc1ccc(F)cc1. The van der Waals surface area contributed by atoms with Crippen LogP contribution in [0.4, 0.5) is 4.39 Å². The van der Waals surface area contributed by atoms with Crippen molar-refractivity contribution >= 4 is 17.2 Å². The average molecular weight is 355 g/mol. The molecule has 0 aliphatic rings. The molecule has 0 unspecified atom stereocenters. The maximum absolute atomic E-state index is 12.8. The Kier molecular flexibility index (Phi) is 5.85. The zero-order valence-electron chi connectivity index (χ0n) is 13.6. The van der Waals surface area contributed by atoms with Crippen LogP contribution in [0.25, 0.3) is 0 Å². The van der Waals surface area contributed by atoms with Gasteiger partial charge in [0.15, 0.2) is 0 Å². The van der Waals surface area contributed by atoms with Crippen molar-refractivity contribution in [1.82, 2.24) is 15.3 Å². The highest BCUT2D eigenvalue weighted by Crippen LogP contribution is 2.13. The Morgan fingerprint density at radius 3 is 2.56 bits per heavy atom. The van der Waals surface area contributed by atoms with Gasteiger partial charge in [0.05, 0.1) is 17.1 Å². The lowest BCUT2D eigenvalue weighted by atomic mass is 10.1. The van der Waals surface area contributed by atoms with E-state index in [1.165, 1.54) is 17.7 Å². The Morgan fingerprint density at radius 2 is 1.80 bits per heavy atom. The van der Waals surface area contributed by atoms with Crippen molar-refractivity contribution in [2.45, 2.75) is 25.8 Å². The molecule has 0 aliphatic heterocycles. The summed E-state index contributed by atoms with van der Waals surface area (Å²) in [6.07, 6.45) is 5.59. The van der Waals surface area contributed by atoms with Crippen LogP contribution in [0.15, 0.2) is 54.2 Å². The molecule has 0 fully saturated rings. The summed E-state index contributed by atoms with van der Waals surface area (Å²) in [6.45, 7) is 0.387. The lowest BCUT2D eigenvalue weighted by Crippen LogP contribution is -2.24. The van der Waals surface area contributed by atoms with Gasteiger partial charge in [0.1, 0.15) is 5.82 Å². The summed E-state index contributed by atoms with van der Waals surface area (Å²) in [6, 6.07) is 10.1. The minimum absolute atomic E-state index is 0.0877. The fraction of sp³-hybridized carbons (Fsp3) is 0.211. The lowest BCUT2D eigenvalue weighted by molar-refractivity contribution is -0.120.